The van der Waals surface area contributed by atoms with Crippen LogP contribution in [0.2, 0.25) is 0 Å². The lowest BCUT2D eigenvalue weighted by Gasteiger charge is -2.36. The highest BCUT2D eigenvalue weighted by atomic mass is 16.5. The van der Waals surface area contributed by atoms with Crippen molar-refractivity contribution in [3.63, 3.8) is 0 Å². The summed E-state index contributed by atoms with van der Waals surface area (Å²) in [5.74, 6) is -2.03. The summed E-state index contributed by atoms with van der Waals surface area (Å²) in [4.78, 5) is 70.1. The van der Waals surface area contributed by atoms with E-state index >= 15 is 0 Å². The molecule has 3 aromatic carbocycles. The number of carbonyl (C=O) groups excluding carboxylic acids is 5. The highest BCUT2D eigenvalue weighted by Gasteiger charge is 2.35. The number of phenolic OH excluding ortho intramolecular Hbond substituents is 1. The van der Waals surface area contributed by atoms with E-state index in [4.69, 9.17) is 9.47 Å². The number of hydrogen-bond acceptors (Lipinski definition) is 8. The summed E-state index contributed by atoms with van der Waals surface area (Å²) in [6.07, 6.45) is 0.101. The number of nitrogens with zero attached hydrogens (tertiary/aromatic N) is 2. The number of rotatable bonds is 4. The van der Waals surface area contributed by atoms with Gasteiger partial charge in [-0.25, -0.2) is 0 Å². The quantitative estimate of drug-likeness (QED) is 0.311. The van der Waals surface area contributed by atoms with Gasteiger partial charge in [0.25, 0.3) is 5.91 Å². The zero-order valence-electron chi connectivity index (χ0n) is 27.2. The third-order valence-corrected chi connectivity index (χ3v) is 8.31. The van der Waals surface area contributed by atoms with Gasteiger partial charge < -0.3 is 40.3 Å². The first-order chi connectivity index (χ1) is 22.9. The number of nitrogens with one attached hydrogen (secondary N) is 3. The van der Waals surface area contributed by atoms with Crippen LogP contribution in [0.15, 0.2) is 66.7 Å². The van der Waals surface area contributed by atoms with Crippen LogP contribution in [0.4, 0.5) is 5.69 Å². The standard InChI is InChI=1S/C35H39N5O8/c1-20(2)31-34(45)36-21(3)32(43)37-28(35(46)39-14-15-40(30(42)19-39)23-6-5-7-25(17-23)47-4)16-22-8-10-24(11-9-22)48-26-12-13-29(41)27(18-26)33(44)38-31/h5-13,17-18,20-21,28,31,41H,14-16,19H2,1-4H3,(H,36,45)(H,37,43)(H,38,44)/t21-,28+,31-/m0/s1. The third-order valence-electron chi connectivity index (χ3n) is 8.31. The molecule has 3 aliphatic heterocycles. The van der Waals surface area contributed by atoms with Crippen LogP contribution in [0, 0.1) is 5.92 Å². The van der Waals surface area contributed by atoms with E-state index in [1.807, 2.05) is 0 Å². The lowest BCUT2D eigenvalue weighted by atomic mass is 10.0. The molecule has 3 aromatic rings. The first kappa shape index (κ1) is 33.8. The normalized spacial score (nSPS) is 20.6. The van der Waals surface area contributed by atoms with Gasteiger partial charge in [0.15, 0.2) is 0 Å². The van der Waals surface area contributed by atoms with E-state index in [-0.39, 0.29) is 54.9 Å². The molecule has 0 radical (unpaired) electrons. The van der Waals surface area contributed by atoms with Gasteiger partial charge in [0.1, 0.15) is 47.7 Å². The topological polar surface area (TPSA) is 167 Å². The third kappa shape index (κ3) is 7.68. The van der Waals surface area contributed by atoms with Crippen LogP contribution in [-0.2, 0) is 25.6 Å². The Kier molecular flexibility index (Phi) is 10.2. The fourth-order valence-electron chi connectivity index (χ4n) is 5.58. The van der Waals surface area contributed by atoms with Crippen molar-refractivity contribution in [2.75, 3.05) is 31.6 Å². The van der Waals surface area contributed by atoms with Gasteiger partial charge in [-0.1, -0.05) is 32.0 Å². The average Bonchev–Trinajstić information content (AvgIpc) is 3.07. The number of benzene rings is 3. The Bertz CT molecular complexity index is 1710. The molecule has 0 spiro atoms. The van der Waals surface area contributed by atoms with Gasteiger partial charge in [0, 0.05) is 31.3 Å². The Balaban J connectivity index is 1.41. The Hall–Kier alpha value is -5.59. The van der Waals surface area contributed by atoms with Gasteiger partial charge >= 0.3 is 0 Å². The molecule has 3 heterocycles. The lowest BCUT2D eigenvalue weighted by molar-refractivity contribution is -0.140. The maximum Gasteiger partial charge on any atom is 0.255 e. The first-order valence-corrected chi connectivity index (χ1v) is 15.7. The van der Waals surface area contributed by atoms with Crippen LogP contribution < -0.4 is 30.3 Å². The van der Waals surface area contributed by atoms with E-state index in [1.54, 1.807) is 74.4 Å². The van der Waals surface area contributed by atoms with Crippen molar-refractivity contribution >= 4 is 35.2 Å². The zero-order valence-corrected chi connectivity index (χ0v) is 27.2. The number of methoxy groups -OCH3 is 1. The van der Waals surface area contributed by atoms with Crippen LogP contribution >= 0.6 is 0 Å². The van der Waals surface area contributed by atoms with Gasteiger partial charge in [-0.3, -0.25) is 24.0 Å². The molecule has 252 valence electrons. The summed E-state index contributed by atoms with van der Waals surface area (Å²) in [5, 5.41) is 18.4. The van der Waals surface area contributed by atoms with E-state index in [0.717, 1.165) is 0 Å². The van der Waals surface area contributed by atoms with Gasteiger partial charge in [-0.2, -0.15) is 0 Å². The second-order valence-corrected chi connectivity index (χ2v) is 12.1. The second-order valence-electron chi connectivity index (χ2n) is 12.1. The summed E-state index contributed by atoms with van der Waals surface area (Å²) in [5.41, 5.74) is 1.27. The summed E-state index contributed by atoms with van der Waals surface area (Å²) in [7, 11) is 1.54. The second kappa shape index (κ2) is 14.4. The first-order valence-electron chi connectivity index (χ1n) is 15.7. The number of hydrogen-bond donors (Lipinski definition) is 4. The van der Waals surface area contributed by atoms with Crippen molar-refractivity contribution in [1.82, 2.24) is 20.9 Å². The van der Waals surface area contributed by atoms with E-state index in [2.05, 4.69) is 16.0 Å². The Morgan fingerprint density at radius 3 is 2.33 bits per heavy atom. The predicted molar refractivity (Wildman–Crippen MR) is 176 cm³/mol. The molecular formula is C35H39N5O8. The summed E-state index contributed by atoms with van der Waals surface area (Å²) >= 11 is 0. The highest BCUT2D eigenvalue weighted by Crippen LogP contribution is 2.28. The number of carbonyl (C=O) groups is 5. The molecule has 3 atom stereocenters. The number of anilines is 1. The summed E-state index contributed by atoms with van der Waals surface area (Å²) in [6, 6.07) is 15.0. The Labute approximate surface area is 278 Å². The van der Waals surface area contributed by atoms with Crippen molar-refractivity contribution in [2.45, 2.75) is 45.3 Å². The van der Waals surface area contributed by atoms with Crippen LogP contribution in [0.1, 0.15) is 36.7 Å². The monoisotopic (exact) mass is 657 g/mol. The molecule has 48 heavy (non-hydrogen) atoms. The van der Waals surface area contributed by atoms with Crippen molar-refractivity contribution < 1.29 is 38.6 Å². The average molecular weight is 658 g/mol. The largest absolute Gasteiger partial charge is 0.507 e. The fraction of sp³-hybridized carbons (Fsp3) is 0.343. The molecule has 0 aromatic heterocycles. The number of aromatic hydroxyl groups is 1. The molecule has 13 nitrogen and oxygen atoms in total. The molecule has 3 aliphatic rings. The van der Waals surface area contributed by atoms with Crippen LogP contribution in [-0.4, -0.2) is 84.4 Å². The molecule has 1 fully saturated rings. The zero-order chi connectivity index (χ0) is 34.5. The Morgan fingerprint density at radius 1 is 0.917 bits per heavy atom. The molecule has 4 N–H and O–H groups in total. The van der Waals surface area contributed by atoms with Crippen molar-refractivity contribution in [2.24, 2.45) is 5.92 Å². The van der Waals surface area contributed by atoms with Crippen molar-refractivity contribution in [3.8, 4) is 23.0 Å². The molecule has 0 unspecified atom stereocenters. The van der Waals surface area contributed by atoms with E-state index in [0.29, 0.717) is 22.7 Å². The number of phenols is 1. The maximum absolute atomic E-state index is 13.9. The molecule has 0 saturated carbocycles. The van der Waals surface area contributed by atoms with E-state index in [1.165, 1.54) is 30.0 Å². The van der Waals surface area contributed by atoms with Crippen molar-refractivity contribution in [1.29, 1.82) is 0 Å². The number of piperazine rings is 1. The van der Waals surface area contributed by atoms with Gasteiger partial charge in [0.05, 0.1) is 12.7 Å². The Morgan fingerprint density at radius 2 is 1.65 bits per heavy atom. The molecule has 5 amide bonds. The van der Waals surface area contributed by atoms with Gasteiger partial charge in [-0.15, -0.1) is 0 Å². The molecule has 1 saturated heterocycles. The van der Waals surface area contributed by atoms with E-state index < -0.39 is 41.8 Å². The lowest BCUT2D eigenvalue weighted by Crippen LogP contribution is -2.60. The van der Waals surface area contributed by atoms with Gasteiger partial charge in [0.2, 0.25) is 23.6 Å². The summed E-state index contributed by atoms with van der Waals surface area (Å²) < 4.78 is 11.2. The number of amides is 5. The van der Waals surface area contributed by atoms with Crippen molar-refractivity contribution in [3.05, 3.63) is 77.9 Å². The highest BCUT2D eigenvalue weighted by molar-refractivity contribution is 6.01. The predicted octanol–water partition coefficient (Wildman–Crippen LogP) is 2.37. The minimum Gasteiger partial charge on any atom is -0.507 e. The molecular weight excluding hydrogens is 618 g/mol. The molecule has 4 bridgehead atoms. The fourth-order valence-corrected chi connectivity index (χ4v) is 5.58. The minimum atomic E-state index is -1.08. The molecule has 13 heteroatoms. The van der Waals surface area contributed by atoms with Crippen LogP contribution in [0.3, 0.4) is 0 Å². The number of ether oxygens (including phenoxy) is 2. The molecule has 0 aliphatic carbocycles. The molecule has 6 rings (SSSR count). The van der Waals surface area contributed by atoms with Crippen LogP contribution in [0.25, 0.3) is 0 Å². The SMILES string of the molecule is COc1cccc(N2CCN(C(=O)[C@H]3Cc4ccc(cc4)Oc4ccc(O)c(c4)C(=O)N[C@@H](C(C)C)C(=O)N[C@@H](C)C(=O)N3)CC2=O)c1. The maximum atomic E-state index is 13.9. The summed E-state index contributed by atoms with van der Waals surface area (Å²) in [6.45, 7) is 5.23. The van der Waals surface area contributed by atoms with Gasteiger partial charge in [-0.05, 0) is 60.9 Å². The van der Waals surface area contributed by atoms with E-state index in [9.17, 15) is 29.1 Å². The van der Waals surface area contributed by atoms with Crippen LogP contribution in [0.5, 0.6) is 23.0 Å². The smallest absolute Gasteiger partial charge is 0.255 e. The number of fused-ring (bicyclic) bond motifs is 11. The minimum absolute atomic E-state index is 0.0846.